The van der Waals surface area contributed by atoms with E-state index in [2.05, 4.69) is 20.5 Å². The van der Waals surface area contributed by atoms with Gasteiger partial charge in [0.15, 0.2) is 5.17 Å². The third-order valence-corrected chi connectivity index (χ3v) is 4.98. The molecule has 0 amide bonds. The second kappa shape index (κ2) is 7.78. The summed E-state index contributed by atoms with van der Waals surface area (Å²) in [5.41, 5.74) is 9.06. The maximum Gasteiger partial charge on any atom is 0.340 e. The van der Waals surface area contributed by atoms with Crippen LogP contribution in [0.1, 0.15) is 39.8 Å². The lowest BCUT2D eigenvalue weighted by atomic mass is 10.1. The number of benzene rings is 1. The van der Waals surface area contributed by atoms with Gasteiger partial charge in [0.2, 0.25) is 0 Å². The van der Waals surface area contributed by atoms with E-state index in [0.29, 0.717) is 17.9 Å². The first-order valence-electron chi connectivity index (χ1n) is 8.47. The Morgan fingerprint density at radius 2 is 2.00 bits per heavy atom. The van der Waals surface area contributed by atoms with Crippen molar-refractivity contribution in [2.24, 2.45) is 10.1 Å². The summed E-state index contributed by atoms with van der Waals surface area (Å²) in [5.74, 6) is 0.365. The Balaban J connectivity index is 1.80. The molecule has 2 aromatic rings. The van der Waals surface area contributed by atoms with Gasteiger partial charge in [-0.2, -0.15) is 5.10 Å². The van der Waals surface area contributed by atoms with E-state index in [1.165, 1.54) is 5.56 Å². The summed E-state index contributed by atoms with van der Waals surface area (Å²) in [4.78, 5) is 20.0. The smallest absolute Gasteiger partial charge is 0.340 e. The standard InChI is InChI=1S/C19H22N4O2S/c1-5-25-18(24)16-12(3)17(20-13(16)4)15-10-26-19(23-22-15)21-14-8-6-11(2)7-9-14/h6-9,20H,5,10H2,1-4H3,(H,21,23). The minimum absolute atomic E-state index is 0.302. The van der Waals surface area contributed by atoms with Gasteiger partial charge in [0, 0.05) is 11.4 Å². The average molecular weight is 370 g/mol. The molecule has 1 aliphatic heterocycles. The Morgan fingerprint density at radius 1 is 1.27 bits per heavy atom. The molecule has 0 fully saturated rings. The number of hydrogen-bond donors (Lipinski definition) is 2. The monoisotopic (exact) mass is 370 g/mol. The van der Waals surface area contributed by atoms with E-state index in [1.807, 2.05) is 45.0 Å². The van der Waals surface area contributed by atoms with Crippen LogP contribution < -0.4 is 5.43 Å². The molecule has 0 saturated heterocycles. The number of carbonyl (C=O) groups is 1. The van der Waals surface area contributed by atoms with Gasteiger partial charge in [-0.05, 0) is 45.4 Å². The minimum Gasteiger partial charge on any atom is -0.462 e. The van der Waals surface area contributed by atoms with Crippen molar-refractivity contribution in [2.75, 3.05) is 12.4 Å². The average Bonchev–Trinajstić information content (AvgIpc) is 2.92. The maximum atomic E-state index is 12.1. The van der Waals surface area contributed by atoms with E-state index in [0.717, 1.165) is 33.5 Å². The summed E-state index contributed by atoms with van der Waals surface area (Å²) in [6.45, 7) is 7.99. The molecule has 3 rings (SSSR count). The van der Waals surface area contributed by atoms with Crippen LogP contribution in [0.25, 0.3) is 0 Å². The number of aliphatic imine (C=N–C) groups is 1. The van der Waals surface area contributed by atoms with E-state index >= 15 is 0 Å². The van der Waals surface area contributed by atoms with Gasteiger partial charge in [0.05, 0.1) is 29.3 Å². The molecule has 26 heavy (non-hydrogen) atoms. The fraction of sp³-hybridized carbons (Fsp3) is 0.316. The predicted molar refractivity (Wildman–Crippen MR) is 107 cm³/mol. The normalized spacial score (nSPS) is 15.5. The van der Waals surface area contributed by atoms with Crippen molar-refractivity contribution < 1.29 is 9.53 Å². The van der Waals surface area contributed by atoms with Gasteiger partial charge in [0.25, 0.3) is 0 Å². The van der Waals surface area contributed by atoms with Crippen LogP contribution in [0.15, 0.2) is 34.4 Å². The number of nitrogens with one attached hydrogen (secondary N) is 2. The highest BCUT2D eigenvalue weighted by atomic mass is 32.2. The molecule has 1 aliphatic rings. The molecule has 0 unspecified atom stereocenters. The highest BCUT2D eigenvalue weighted by molar-refractivity contribution is 8.14. The number of carbonyl (C=O) groups excluding carboxylic acids is 1. The van der Waals surface area contributed by atoms with E-state index in [9.17, 15) is 4.79 Å². The molecule has 6 nitrogen and oxygen atoms in total. The van der Waals surface area contributed by atoms with Crippen molar-refractivity contribution in [3.05, 3.63) is 52.3 Å². The van der Waals surface area contributed by atoms with Crippen molar-refractivity contribution in [3.8, 4) is 0 Å². The Morgan fingerprint density at radius 3 is 2.62 bits per heavy atom. The molecule has 2 heterocycles. The third-order valence-electron chi connectivity index (χ3n) is 4.10. The van der Waals surface area contributed by atoms with Gasteiger partial charge in [-0.3, -0.25) is 5.43 Å². The second-order valence-corrected chi connectivity index (χ2v) is 7.02. The second-order valence-electron chi connectivity index (χ2n) is 6.06. The zero-order valence-electron chi connectivity index (χ0n) is 15.3. The molecule has 136 valence electrons. The van der Waals surface area contributed by atoms with Gasteiger partial charge in [-0.15, -0.1) is 0 Å². The van der Waals surface area contributed by atoms with E-state index < -0.39 is 0 Å². The first-order chi connectivity index (χ1) is 12.5. The molecule has 2 N–H and O–H groups in total. The van der Waals surface area contributed by atoms with E-state index in [4.69, 9.17) is 4.74 Å². The van der Waals surface area contributed by atoms with Crippen molar-refractivity contribution in [1.82, 2.24) is 10.4 Å². The highest BCUT2D eigenvalue weighted by Gasteiger charge is 2.23. The lowest BCUT2D eigenvalue weighted by Gasteiger charge is -2.14. The number of esters is 1. The Hall–Kier alpha value is -2.54. The largest absolute Gasteiger partial charge is 0.462 e. The summed E-state index contributed by atoms with van der Waals surface area (Å²) in [5, 5.41) is 5.20. The van der Waals surface area contributed by atoms with Crippen molar-refractivity contribution >= 4 is 34.3 Å². The Bertz CT molecular complexity index is 882. The molecule has 0 saturated carbocycles. The topological polar surface area (TPSA) is 78.8 Å². The number of hydrogen-bond acceptors (Lipinski definition) is 5. The SMILES string of the molecule is CCOC(=O)c1c(C)[nH]c(C2=NNC(=Nc3ccc(C)cc3)SC2)c1C. The minimum atomic E-state index is -0.302. The van der Waals surface area contributed by atoms with Gasteiger partial charge in [-0.1, -0.05) is 29.5 Å². The maximum absolute atomic E-state index is 12.1. The molecule has 7 heteroatoms. The quantitative estimate of drug-likeness (QED) is 0.802. The molecule has 0 spiro atoms. The third kappa shape index (κ3) is 3.83. The number of nitrogens with zero attached hydrogens (tertiary/aromatic N) is 2. The Kier molecular flexibility index (Phi) is 5.46. The molecule has 0 bridgehead atoms. The van der Waals surface area contributed by atoms with E-state index in [-0.39, 0.29) is 5.97 Å². The van der Waals surface area contributed by atoms with Gasteiger partial charge >= 0.3 is 5.97 Å². The first kappa shape index (κ1) is 18.3. The fourth-order valence-corrected chi connectivity index (χ4v) is 3.55. The molecular formula is C19H22N4O2S. The van der Waals surface area contributed by atoms with Gasteiger partial charge in [-0.25, -0.2) is 9.79 Å². The summed E-state index contributed by atoms with van der Waals surface area (Å²) in [6, 6.07) is 8.02. The lowest BCUT2D eigenvalue weighted by molar-refractivity contribution is 0.0525. The zero-order chi connectivity index (χ0) is 18.7. The number of ether oxygens (including phenoxy) is 1. The number of hydrazone groups is 1. The molecule has 0 atom stereocenters. The van der Waals surface area contributed by atoms with Crippen LogP contribution in [-0.2, 0) is 4.74 Å². The van der Waals surface area contributed by atoms with Crippen molar-refractivity contribution in [3.63, 3.8) is 0 Å². The van der Waals surface area contributed by atoms with Gasteiger partial charge in [0.1, 0.15) is 0 Å². The molecule has 0 radical (unpaired) electrons. The number of amidine groups is 1. The lowest BCUT2D eigenvalue weighted by Crippen LogP contribution is -2.25. The van der Waals surface area contributed by atoms with Crippen LogP contribution in [0.4, 0.5) is 5.69 Å². The molecular weight excluding hydrogens is 348 g/mol. The number of aryl methyl sites for hydroxylation is 2. The predicted octanol–water partition coefficient (Wildman–Crippen LogP) is 3.84. The number of aromatic amines is 1. The highest BCUT2D eigenvalue weighted by Crippen LogP contribution is 2.23. The number of aromatic nitrogens is 1. The number of thioether (sulfide) groups is 1. The summed E-state index contributed by atoms with van der Waals surface area (Å²) in [7, 11) is 0. The molecule has 1 aromatic carbocycles. The first-order valence-corrected chi connectivity index (χ1v) is 9.45. The Labute approximate surface area is 157 Å². The summed E-state index contributed by atoms with van der Waals surface area (Å²) in [6.07, 6.45) is 0. The van der Waals surface area contributed by atoms with Crippen LogP contribution in [0, 0.1) is 20.8 Å². The van der Waals surface area contributed by atoms with E-state index in [1.54, 1.807) is 18.7 Å². The fourth-order valence-electron chi connectivity index (χ4n) is 2.79. The van der Waals surface area contributed by atoms with Crippen LogP contribution in [-0.4, -0.2) is 34.2 Å². The summed E-state index contributed by atoms with van der Waals surface area (Å²) >= 11 is 1.58. The zero-order valence-corrected chi connectivity index (χ0v) is 16.2. The molecule has 0 aliphatic carbocycles. The van der Waals surface area contributed by atoms with Crippen molar-refractivity contribution in [2.45, 2.75) is 27.7 Å². The van der Waals surface area contributed by atoms with Crippen LogP contribution in [0.2, 0.25) is 0 Å². The van der Waals surface area contributed by atoms with Crippen LogP contribution in [0.5, 0.6) is 0 Å². The van der Waals surface area contributed by atoms with Crippen LogP contribution >= 0.6 is 11.8 Å². The number of rotatable bonds is 4. The van der Waals surface area contributed by atoms with Gasteiger partial charge < -0.3 is 9.72 Å². The molecule has 1 aromatic heterocycles. The number of H-pyrrole nitrogens is 1. The summed E-state index contributed by atoms with van der Waals surface area (Å²) < 4.78 is 5.14. The van der Waals surface area contributed by atoms with Crippen molar-refractivity contribution in [1.29, 1.82) is 0 Å². The van der Waals surface area contributed by atoms with Crippen LogP contribution in [0.3, 0.4) is 0 Å².